The largest absolute Gasteiger partial charge is 0.353 e. The van der Waals surface area contributed by atoms with Crippen molar-refractivity contribution in [3.05, 3.63) is 0 Å². The maximum atomic E-state index is 11.3. The van der Waals surface area contributed by atoms with Crippen LogP contribution in [0.3, 0.4) is 0 Å². The van der Waals surface area contributed by atoms with E-state index in [0.717, 1.165) is 6.54 Å². The molecule has 0 aromatic heterocycles. The Morgan fingerprint density at radius 3 is 2.38 bits per heavy atom. The van der Waals surface area contributed by atoms with Crippen LogP contribution in [0.1, 0.15) is 20.8 Å². The Kier molecular flexibility index (Phi) is 6.16. The van der Waals surface area contributed by atoms with Crippen LogP contribution >= 0.6 is 12.6 Å². The summed E-state index contributed by atoms with van der Waals surface area (Å²) in [5, 5.41) is 3.14. The Hall–Kier alpha value is -0.220. The SMILES string of the molecule is CC(S)CN(C)CC(=O)NC(C)C. The molecule has 1 atom stereocenters. The van der Waals surface area contributed by atoms with Gasteiger partial charge in [-0.1, -0.05) is 6.92 Å². The van der Waals surface area contributed by atoms with Gasteiger partial charge in [-0.05, 0) is 20.9 Å². The van der Waals surface area contributed by atoms with Gasteiger partial charge in [0.2, 0.25) is 5.91 Å². The Bertz CT molecular complexity index is 160. The van der Waals surface area contributed by atoms with Crippen LogP contribution in [0.2, 0.25) is 0 Å². The molecule has 0 aliphatic heterocycles. The fourth-order valence-electron chi connectivity index (χ4n) is 1.13. The molecule has 0 aromatic rings. The number of carbonyl (C=O) groups excluding carboxylic acids is 1. The van der Waals surface area contributed by atoms with Gasteiger partial charge in [-0.2, -0.15) is 12.6 Å². The normalized spacial score (nSPS) is 13.5. The lowest BCUT2D eigenvalue weighted by Gasteiger charge is -2.18. The van der Waals surface area contributed by atoms with Crippen LogP contribution in [0.5, 0.6) is 0 Å². The number of carbonyl (C=O) groups is 1. The molecule has 0 fully saturated rings. The van der Waals surface area contributed by atoms with Gasteiger partial charge in [-0.15, -0.1) is 0 Å². The first-order valence-electron chi connectivity index (χ1n) is 4.57. The Labute approximate surface area is 86.3 Å². The second-order valence-corrected chi connectivity index (χ2v) is 4.65. The highest BCUT2D eigenvalue weighted by Crippen LogP contribution is 1.95. The van der Waals surface area contributed by atoms with Gasteiger partial charge in [0.15, 0.2) is 0 Å². The van der Waals surface area contributed by atoms with Gasteiger partial charge in [-0.3, -0.25) is 9.69 Å². The third-order valence-electron chi connectivity index (χ3n) is 1.44. The Morgan fingerprint density at radius 1 is 1.46 bits per heavy atom. The summed E-state index contributed by atoms with van der Waals surface area (Å²) in [7, 11) is 1.92. The van der Waals surface area contributed by atoms with E-state index in [1.165, 1.54) is 0 Å². The molecule has 0 aliphatic rings. The molecular formula is C9H20N2OS. The van der Waals surface area contributed by atoms with Crippen LogP contribution in [0.4, 0.5) is 0 Å². The number of rotatable bonds is 5. The zero-order valence-electron chi connectivity index (χ0n) is 8.87. The number of nitrogens with zero attached hydrogens (tertiary/aromatic N) is 1. The fraction of sp³-hybridized carbons (Fsp3) is 0.889. The molecule has 4 heteroatoms. The number of hydrogen-bond donors (Lipinski definition) is 2. The summed E-state index contributed by atoms with van der Waals surface area (Å²) in [6.07, 6.45) is 0. The van der Waals surface area contributed by atoms with Gasteiger partial charge in [0.1, 0.15) is 0 Å². The lowest BCUT2D eigenvalue weighted by molar-refractivity contribution is -0.122. The molecule has 0 radical (unpaired) electrons. The first-order chi connectivity index (χ1) is 5.91. The molecule has 1 N–H and O–H groups in total. The van der Waals surface area contributed by atoms with Crippen LogP contribution < -0.4 is 5.32 Å². The Balaban J connectivity index is 3.65. The van der Waals surface area contributed by atoms with Crippen molar-refractivity contribution in [1.29, 1.82) is 0 Å². The number of hydrogen-bond acceptors (Lipinski definition) is 3. The summed E-state index contributed by atoms with van der Waals surface area (Å²) < 4.78 is 0. The predicted molar refractivity (Wildman–Crippen MR) is 59.2 cm³/mol. The summed E-state index contributed by atoms with van der Waals surface area (Å²) in [6.45, 7) is 7.20. The van der Waals surface area contributed by atoms with Crippen molar-refractivity contribution in [3.63, 3.8) is 0 Å². The zero-order chi connectivity index (χ0) is 10.4. The van der Waals surface area contributed by atoms with Gasteiger partial charge in [-0.25, -0.2) is 0 Å². The lowest BCUT2D eigenvalue weighted by atomic mass is 10.3. The predicted octanol–water partition coefficient (Wildman–Crippen LogP) is 0.761. The molecule has 0 saturated carbocycles. The van der Waals surface area contributed by atoms with Crippen LogP contribution in [-0.4, -0.2) is 42.2 Å². The molecule has 0 saturated heterocycles. The van der Waals surface area contributed by atoms with Gasteiger partial charge in [0.05, 0.1) is 6.54 Å². The van der Waals surface area contributed by atoms with E-state index in [2.05, 4.69) is 17.9 Å². The van der Waals surface area contributed by atoms with Gasteiger partial charge in [0.25, 0.3) is 0 Å². The smallest absolute Gasteiger partial charge is 0.234 e. The minimum Gasteiger partial charge on any atom is -0.353 e. The highest BCUT2D eigenvalue weighted by atomic mass is 32.1. The minimum atomic E-state index is 0.0754. The van der Waals surface area contributed by atoms with Crippen molar-refractivity contribution >= 4 is 18.5 Å². The first kappa shape index (κ1) is 12.8. The highest BCUT2D eigenvalue weighted by molar-refractivity contribution is 7.80. The van der Waals surface area contributed by atoms with Gasteiger partial charge < -0.3 is 5.32 Å². The highest BCUT2D eigenvalue weighted by Gasteiger charge is 2.08. The molecule has 1 unspecified atom stereocenters. The molecule has 0 rings (SSSR count). The lowest BCUT2D eigenvalue weighted by Crippen LogP contribution is -2.39. The molecule has 0 heterocycles. The summed E-state index contributed by atoms with van der Waals surface area (Å²) in [5.41, 5.74) is 0. The number of amides is 1. The van der Waals surface area contributed by atoms with E-state index in [9.17, 15) is 4.79 Å². The molecule has 0 bridgehead atoms. The third-order valence-corrected chi connectivity index (χ3v) is 1.60. The summed E-state index contributed by atoms with van der Waals surface area (Å²) >= 11 is 4.26. The topological polar surface area (TPSA) is 32.3 Å². The van der Waals surface area contributed by atoms with E-state index in [4.69, 9.17) is 0 Å². The van der Waals surface area contributed by atoms with Crippen molar-refractivity contribution < 1.29 is 4.79 Å². The molecule has 78 valence electrons. The monoisotopic (exact) mass is 204 g/mol. The second kappa shape index (κ2) is 6.27. The maximum Gasteiger partial charge on any atom is 0.234 e. The van der Waals surface area contributed by atoms with E-state index in [1.54, 1.807) is 0 Å². The van der Waals surface area contributed by atoms with Crippen LogP contribution in [-0.2, 0) is 4.79 Å². The average Bonchev–Trinajstić information content (AvgIpc) is 1.80. The van der Waals surface area contributed by atoms with Crippen molar-refractivity contribution in [3.8, 4) is 0 Å². The average molecular weight is 204 g/mol. The van der Waals surface area contributed by atoms with Crippen LogP contribution in [0.25, 0.3) is 0 Å². The first-order valence-corrected chi connectivity index (χ1v) is 5.09. The summed E-state index contributed by atoms with van der Waals surface area (Å²) in [6, 6.07) is 0.217. The van der Waals surface area contributed by atoms with E-state index < -0.39 is 0 Å². The molecular weight excluding hydrogens is 184 g/mol. The fourth-order valence-corrected chi connectivity index (χ4v) is 1.41. The van der Waals surface area contributed by atoms with E-state index >= 15 is 0 Å². The van der Waals surface area contributed by atoms with Crippen molar-refractivity contribution in [2.75, 3.05) is 20.1 Å². The maximum absolute atomic E-state index is 11.3. The molecule has 3 nitrogen and oxygen atoms in total. The number of likely N-dealkylation sites (N-methyl/N-ethyl adjacent to an activating group) is 1. The minimum absolute atomic E-state index is 0.0754. The van der Waals surface area contributed by atoms with Crippen LogP contribution in [0.15, 0.2) is 0 Å². The molecule has 13 heavy (non-hydrogen) atoms. The van der Waals surface area contributed by atoms with Crippen molar-refractivity contribution in [2.24, 2.45) is 0 Å². The van der Waals surface area contributed by atoms with Crippen LogP contribution in [0, 0.1) is 0 Å². The van der Waals surface area contributed by atoms with Crippen molar-refractivity contribution in [2.45, 2.75) is 32.1 Å². The third kappa shape index (κ3) is 8.12. The van der Waals surface area contributed by atoms with Gasteiger partial charge >= 0.3 is 0 Å². The quantitative estimate of drug-likeness (QED) is 0.648. The number of nitrogens with one attached hydrogen (secondary N) is 1. The zero-order valence-corrected chi connectivity index (χ0v) is 9.77. The van der Waals surface area contributed by atoms with E-state index in [1.807, 2.05) is 32.7 Å². The summed E-state index contributed by atoms with van der Waals surface area (Å²) in [5.74, 6) is 0.0754. The van der Waals surface area contributed by atoms with Gasteiger partial charge in [0, 0.05) is 17.8 Å². The van der Waals surface area contributed by atoms with Crippen molar-refractivity contribution in [1.82, 2.24) is 10.2 Å². The second-order valence-electron chi connectivity index (χ2n) is 3.77. The standard InChI is InChI=1S/C9H20N2OS/c1-7(2)10-9(12)6-11(4)5-8(3)13/h7-8,13H,5-6H2,1-4H3,(H,10,12). The number of thiol groups is 1. The van der Waals surface area contributed by atoms with E-state index in [-0.39, 0.29) is 11.9 Å². The summed E-state index contributed by atoms with van der Waals surface area (Å²) in [4.78, 5) is 13.2. The molecule has 0 spiro atoms. The molecule has 1 amide bonds. The Morgan fingerprint density at radius 2 is 2.00 bits per heavy atom. The molecule has 0 aromatic carbocycles. The van der Waals surface area contributed by atoms with E-state index in [0.29, 0.717) is 11.8 Å². The molecule has 0 aliphatic carbocycles.